The van der Waals surface area contributed by atoms with Gasteiger partial charge in [0.25, 0.3) is 11.8 Å². The lowest BCUT2D eigenvalue weighted by Crippen LogP contribution is -2.44. The van der Waals surface area contributed by atoms with Crippen LogP contribution in [0, 0.1) is 0 Å². The molecule has 0 bridgehead atoms. The van der Waals surface area contributed by atoms with Crippen LogP contribution in [0.2, 0.25) is 0 Å². The van der Waals surface area contributed by atoms with Crippen molar-refractivity contribution in [1.29, 1.82) is 0 Å². The summed E-state index contributed by atoms with van der Waals surface area (Å²) in [5.41, 5.74) is 2.49. The minimum Gasteiger partial charge on any atom is -0.481 e. The first kappa shape index (κ1) is 16.1. The molecule has 130 valence electrons. The number of methoxy groups -OCH3 is 1. The van der Waals surface area contributed by atoms with Crippen LogP contribution in [0.1, 0.15) is 5.56 Å². The molecule has 0 amide bonds. The van der Waals surface area contributed by atoms with Gasteiger partial charge in [0.2, 0.25) is 5.88 Å². The first-order valence-electron chi connectivity index (χ1n) is 8.00. The number of fused-ring (bicyclic) bond motifs is 1. The molecule has 4 rings (SSSR count). The number of rotatable bonds is 4. The molecule has 0 saturated heterocycles. The van der Waals surface area contributed by atoms with Gasteiger partial charge in [-0.2, -0.15) is 4.99 Å². The van der Waals surface area contributed by atoms with E-state index in [0.29, 0.717) is 17.7 Å². The van der Waals surface area contributed by atoms with Crippen LogP contribution in [0.15, 0.2) is 70.1 Å². The highest BCUT2D eigenvalue weighted by molar-refractivity contribution is 6.38. The number of benzene rings is 1. The van der Waals surface area contributed by atoms with Crippen LogP contribution in [0.5, 0.6) is 5.88 Å². The Hall–Kier alpha value is -3.36. The van der Waals surface area contributed by atoms with E-state index in [2.05, 4.69) is 20.3 Å². The maximum Gasteiger partial charge on any atom is 0.287 e. The summed E-state index contributed by atoms with van der Waals surface area (Å²) in [5.74, 6) is 1.66. The van der Waals surface area contributed by atoms with Gasteiger partial charge >= 0.3 is 0 Å². The second-order valence-electron chi connectivity index (χ2n) is 5.69. The van der Waals surface area contributed by atoms with Gasteiger partial charge in [0.05, 0.1) is 26.1 Å². The van der Waals surface area contributed by atoms with Crippen molar-refractivity contribution >= 4 is 29.4 Å². The molecule has 2 aliphatic heterocycles. The summed E-state index contributed by atoms with van der Waals surface area (Å²) in [5, 5.41) is 17.1. The minimum atomic E-state index is 0.00918. The second kappa shape index (κ2) is 6.51. The lowest BCUT2D eigenvalue weighted by atomic mass is 10.2. The van der Waals surface area contributed by atoms with Crippen LogP contribution in [0.25, 0.3) is 0 Å². The van der Waals surface area contributed by atoms with Gasteiger partial charge in [-0.05, 0) is 22.8 Å². The molecule has 0 saturated carbocycles. The molecule has 1 atom stereocenters. The van der Waals surface area contributed by atoms with Crippen LogP contribution in [-0.4, -0.2) is 35.2 Å². The Morgan fingerprint density at radius 3 is 2.69 bits per heavy atom. The van der Waals surface area contributed by atoms with Crippen molar-refractivity contribution in [2.75, 3.05) is 12.4 Å². The monoisotopic (exact) mass is 349 g/mol. The lowest BCUT2D eigenvalue weighted by Gasteiger charge is -2.23. The number of ether oxygens (including phenoxy) is 1. The van der Waals surface area contributed by atoms with Crippen molar-refractivity contribution in [3.8, 4) is 5.88 Å². The minimum absolute atomic E-state index is 0.00918. The summed E-state index contributed by atoms with van der Waals surface area (Å²) in [4.78, 5) is 13.0. The molecule has 0 fully saturated rings. The third-order valence-electron chi connectivity index (χ3n) is 4.10. The van der Waals surface area contributed by atoms with Gasteiger partial charge in [-0.1, -0.05) is 16.7 Å². The average Bonchev–Trinajstić information content (AvgIpc) is 3.07. The molecule has 8 heteroatoms. The molecule has 1 unspecified atom stereocenters. The number of aromatic nitrogens is 1. The highest BCUT2D eigenvalue weighted by atomic mass is 16.5. The Kier molecular flexibility index (Phi) is 4.04. The summed E-state index contributed by atoms with van der Waals surface area (Å²) >= 11 is 0. The van der Waals surface area contributed by atoms with Gasteiger partial charge in [-0.3, -0.25) is 4.99 Å². The van der Waals surface area contributed by atoms with E-state index in [-0.39, 0.29) is 11.2 Å². The van der Waals surface area contributed by atoms with Gasteiger partial charge in [-0.15, -0.1) is 0 Å². The predicted molar refractivity (Wildman–Crippen MR) is 101 cm³/mol. The number of anilines is 1. The molecule has 26 heavy (non-hydrogen) atoms. The maximum absolute atomic E-state index is 9.14. The molecule has 8 nitrogen and oxygen atoms in total. The van der Waals surface area contributed by atoms with E-state index >= 15 is 0 Å². The number of nitrogens with zero attached hydrogens (tertiary/aromatic N) is 5. The van der Waals surface area contributed by atoms with Gasteiger partial charge in [0, 0.05) is 17.8 Å². The summed E-state index contributed by atoms with van der Waals surface area (Å²) in [6, 6.07) is 11.1. The lowest BCUT2D eigenvalue weighted by molar-refractivity contribution is 0.282. The number of aliphatic hydroxyl groups excluding tert-OH is 1. The van der Waals surface area contributed by atoms with E-state index in [9.17, 15) is 0 Å². The molecule has 0 spiro atoms. The fourth-order valence-corrected chi connectivity index (χ4v) is 2.73. The van der Waals surface area contributed by atoms with Gasteiger partial charge in [0.1, 0.15) is 6.21 Å². The van der Waals surface area contributed by atoms with Crippen molar-refractivity contribution in [2.24, 2.45) is 15.1 Å². The SMILES string of the molecule is COc1ccc([N+]23C=CN=CC2=NC(Nc2ccc(CO)cc2)=N3)cn1. The zero-order valence-corrected chi connectivity index (χ0v) is 14.1. The van der Waals surface area contributed by atoms with Crippen LogP contribution in [0.4, 0.5) is 11.4 Å². The van der Waals surface area contributed by atoms with Crippen molar-refractivity contribution in [1.82, 2.24) is 9.58 Å². The average molecular weight is 349 g/mol. The Balaban J connectivity index is 1.67. The summed E-state index contributed by atoms with van der Waals surface area (Å²) < 4.78 is 5.18. The molecule has 2 N–H and O–H groups in total. The highest BCUT2D eigenvalue weighted by Crippen LogP contribution is 2.31. The number of hydrogen-bond acceptors (Lipinski definition) is 7. The molecular formula is C18H17N6O2+. The topological polar surface area (TPSA) is 91.5 Å². The molecule has 2 aliphatic rings. The second-order valence-corrected chi connectivity index (χ2v) is 5.69. The number of quaternary nitrogens is 1. The summed E-state index contributed by atoms with van der Waals surface area (Å²) in [6.45, 7) is 0.00918. The van der Waals surface area contributed by atoms with E-state index in [1.54, 1.807) is 31.8 Å². The van der Waals surface area contributed by atoms with Crippen molar-refractivity contribution in [3.05, 3.63) is 60.6 Å². The number of pyridine rings is 1. The number of aliphatic imine (C=N–C) groups is 2. The van der Waals surface area contributed by atoms with Gasteiger partial charge in [0.15, 0.2) is 11.9 Å². The Morgan fingerprint density at radius 1 is 1.15 bits per heavy atom. The third-order valence-corrected chi connectivity index (χ3v) is 4.10. The van der Waals surface area contributed by atoms with E-state index in [1.165, 1.54) is 0 Å². The number of aliphatic hydroxyl groups is 1. The highest BCUT2D eigenvalue weighted by Gasteiger charge is 2.43. The Labute approximate surface area is 150 Å². The smallest absolute Gasteiger partial charge is 0.287 e. The number of amidine groups is 1. The normalized spacial score (nSPS) is 20.4. The maximum atomic E-state index is 9.14. The predicted octanol–water partition coefficient (Wildman–Crippen LogP) is 2.24. The van der Waals surface area contributed by atoms with E-state index in [0.717, 1.165) is 16.9 Å². The fraction of sp³-hybridized carbons (Fsp3) is 0.111. The molecule has 2 aromatic rings. The molecule has 1 aromatic carbocycles. The first-order chi connectivity index (χ1) is 12.7. The first-order valence-corrected chi connectivity index (χ1v) is 8.00. The van der Waals surface area contributed by atoms with Crippen LogP contribution in [0.3, 0.4) is 0 Å². The van der Waals surface area contributed by atoms with Crippen molar-refractivity contribution in [3.63, 3.8) is 0 Å². The van der Waals surface area contributed by atoms with Crippen LogP contribution < -0.4 is 14.6 Å². The summed E-state index contributed by atoms with van der Waals surface area (Å²) in [7, 11) is 1.58. The quantitative estimate of drug-likeness (QED) is 0.828. The van der Waals surface area contributed by atoms with Crippen LogP contribution >= 0.6 is 0 Å². The Bertz CT molecular complexity index is 931. The zero-order valence-electron chi connectivity index (χ0n) is 14.1. The van der Waals surface area contributed by atoms with Crippen molar-refractivity contribution in [2.45, 2.75) is 6.61 Å². The molecule has 0 radical (unpaired) electrons. The molecule has 0 aliphatic carbocycles. The molecule has 1 aromatic heterocycles. The van der Waals surface area contributed by atoms with Crippen molar-refractivity contribution < 1.29 is 9.84 Å². The zero-order chi connectivity index (χ0) is 18.0. The standard InChI is InChI=1S/C18H17N6O2/c1-26-17-7-6-15(10-20-17)24-9-8-19-11-16(24)22-18(23-24)21-14-4-2-13(12-25)3-5-14/h2-11,25H,12H2,1H3,(H,21,23)/q+1. The molecular weight excluding hydrogens is 332 g/mol. The van der Waals surface area contributed by atoms with E-state index < -0.39 is 0 Å². The fourth-order valence-electron chi connectivity index (χ4n) is 2.73. The van der Waals surface area contributed by atoms with Gasteiger partial charge in [-0.25, -0.2) is 4.98 Å². The Morgan fingerprint density at radius 2 is 2.00 bits per heavy atom. The third kappa shape index (κ3) is 2.77. The summed E-state index contributed by atoms with van der Waals surface area (Å²) in [6.07, 6.45) is 6.91. The number of hydrogen-bond donors (Lipinski definition) is 2. The number of guanidine groups is 1. The van der Waals surface area contributed by atoms with Crippen LogP contribution in [-0.2, 0) is 6.61 Å². The van der Waals surface area contributed by atoms with E-state index in [1.807, 2.05) is 36.5 Å². The van der Waals surface area contributed by atoms with Gasteiger partial charge < -0.3 is 15.2 Å². The van der Waals surface area contributed by atoms with E-state index in [4.69, 9.17) is 14.9 Å². The molecule has 3 heterocycles. The number of nitrogens with one attached hydrogen (secondary N) is 1. The largest absolute Gasteiger partial charge is 0.481 e.